The lowest BCUT2D eigenvalue weighted by Crippen LogP contribution is -2.33. The molecule has 2 N–H and O–H groups in total. The van der Waals surface area contributed by atoms with E-state index in [0.29, 0.717) is 12.5 Å². The van der Waals surface area contributed by atoms with Crippen molar-refractivity contribution in [1.29, 1.82) is 0 Å². The Balaban J connectivity index is 1.30. The molecular weight excluding hydrogens is 489 g/mol. The summed E-state index contributed by atoms with van der Waals surface area (Å²) in [7, 11) is 0. The van der Waals surface area contributed by atoms with E-state index in [1.165, 1.54) is 51.4 Å². The van der Waals surface area contributed by atoms with Gasteiger partial charge >= 0.3 is 0 Å². The van der Waals surface area contributed by atoms with E-state index in [9.17, 15) is 4.79 Å². The average molecular weight is 525 g/mol. The monoisotopic (exact) mass is 525 g/mol. The Bertz CT molecular complexity index is 793. The fourth-order valence-electron chi connectivity index (χ4n) is 4.33. The summed E-state index contributed by atoms with van der Waals surface area (Å²) in [6.45, 7) is 2.26. The van der Waals surface area contributed by atoms with Crippen LogP contribution < -0.4 is 10.6 Å². The highest BCUT2D eigenvalue weighted by molar-refractivity contribution is 14.1. The van der Waals surface area contributed by atoms with Crippen LogP contribution in [0.5, 0.6) is 0 Å². The summed E-state index contributed by atoms with van der Waals surface area (Å²) < 4.78 is 2.80. The van der Waals surface area contributed by atoms with Gasteiger partial charge in [-0.15, -0.1) is 0 Å². The first kappa shape index (κ1) is 23.3. The van der Waals surface area contributed by atoms with Crippen LogP contribution in [-0.4, -0.2) is 32.6 Å². The second kappa shape index (κ2) is 12.5. The molecule has 6 nitrogen and oxygen atoms in total. The van der Waals surface area contributed by atoms with Crippen molar-refractivity contribution in [3.63, 3.8) is 0 Å². The maximum Gasteiger partial charge on any atom is 0.220 e. The molecule has 0 spiro atoms. The summed E-state index contributed by atoms with van der Waals surface area (Å²) in [6.07, 6.45) is 17.1. The van der Waals surface area contributed by atoms with Gasteiger partial charge in [0.25, 0.3) is 0 Å². The van der Waals surface area contributed by atoms with Crippen molar-refractivity contribution in [3.8, 4) is 0 Å². The molecule has 0 bridgehead atoms. The van der Waals surface area contributed by atoms with Gasteiger partial charge in [-0.3, -0.25) is 4.79 Å². The Labute approximate surface area is 194 Å². The Hall–Kier alpha value is -1.38. The van der Waals surface area contributed by atoms with E-state index >= 15 is 0 Å². The minimum Gasteiger partial charge on any atom is -0.367 e. The van der Waals surface area contributed by atoms with Crippen LogP contribution in [0.3, 0.4) is 0 Å². The minimum absolute atomic E-state index is 0.219. The number of anilines is 1. The van der Waals surface area contributed by atoms with Crippen LogP contribution in [0.25, 0.3) is 5.65 Å². The number of unbranched alkanes of at least 4 members (excludes halogenated alkanes) is 8. The van der Waals surface area contributed by atoms with Crippen molar-refractivity contribution in [2.45, 2.75) is 102 Å². The Morgan fingerprint density at radius 2 is 1.80 bits per heavy atom. The van der Waals surface area contributed by atoms with Crippen molar-refractivity contribution < 1.29 is 4.79 Å². The molecule has 0 saturated heterocycles. The van der Waals surface area contributed by atoms with Crippen molar-refractivity contribution in [2.24, 2.45) is 0 Å². The highest BCUT2D eigenvalue weighted by atomic mass is 127. The topological polar surface area (TPSA) is 71.3 Å². The number of hydrogen-bond donors (Lipinski definition) is 2. The van der Waals surface area contributed by atoms with Crippen LogP contribution >= 0.6 is 22.6 Å². The van der Waals surface area contributed by atoms with Gasteiger partial charge < -0.3 is 10.6 Å². The number of hydrogen-bond acceptors (Lipinski definition) is 4. The van der Waals surface area contributed by atoms with E-state index < -0.39 is 0 Å². The van der Waals surface area contributed by atoms with E-state index in [0.717, 1.165) is 40.8 Å². The second-order valence-corrected chi connectivity index (χ2v) is 9.67. The molecular formula is C23H36IN5O. The number of fused-ring (bicyclic) bond motifs is 1. The van der Waals surface area contributed by atoms with Gasteiger partial charge in [-0.2, -0.15) is 9.61 Å². The third-order valence-corrected chi connectivity index (χ3v) is 6.54. The standard InChI is InChI=1S/C23H36IN5O/c1-2-3-4-5-6-7-8-9-10-11-23(30)27-19-13-12-18(16-19)26-22-17-20(24)28-21-14-15-25-29(21)22/h14-15,17-19,26H,2-13,16H2,1H3,(H,27,30)/t18-,19-/m0/s1. The Morgan fingerprint density at radius 3 is 2.57 bits per heavy atom. The molecule has 0 radical (unpaired) electrons. The molecule has 1 amide bonds. The second-order valence-electron chi connectivity index (χ2n) is 8.56. The zero-order chi connectivity index (χ0) is 21.2. The zero-order valence-corrected chi connectivity index (χ0v) is 20.4. The first-order valence-corrected chi connectivity index (χ1v) is 12.8. The molecule has 0 aromatic carbocycles. The summed E-state index contributed by atoms with van der Waals surface area (Å²) in [6, 6.07) is 4.57. The molecule has 2 aromatic rings. The lowest BCUT2D eigenvalue weighted by molar-refractivity contribution is -0.121. The molecule has 0 aliphatic heterocycles. The van der Waals surface area contributed by atoms with Gasteiger partial charge in [0.2, 0.25) is 5.91 Å². The molecule has 7 heteroatoms. The highest BCUT2D eigenvalue weighted by Crippen LogP contribution is 2.24. The predicted molar refractivity (Wildman–Crippen MR) is 131 cm³/mol. The van der Waals surface area contributed by atoms with Crippen molar-refractivity contribution in [3.05, 3.63) is 22.0 Å². The van der Waals surface area contributed by atoms with Crippen molar-refractivity contribution >= 4 is 40.0 Å². The highest BCUT2D eigenvalue weighted by Gasteiger charge is 2.26. The van der Waals surface area contributed by atoms with Gasteiger partial charge in [0.1, 0.15) is 9.52 Å². The fraction of sp³-hybridized carbons (Fsp3) is 0.696. The predicted octanol–water partition coefficient (Wildman–Crippen LogP) is 5.70. The van der Waals surface area contributed by atoms with Gasteiger partial charge in [0, 0.05) is 30.6 Å². The molecule has 2 atom stereocenters. The van der Waals surface area contributed by atoms with Gasteiger partial charge in [-0.25, -0.2) is 4.98 Å². The number of halogens is 1. The largest absolute Gasteiger partial charge is 0.367 e. The van der Waals surface area contributed by atoms with E-state index in [-0.39, 0.29) is 11.9 Å². The first-order valence-electron chi connectivity index (χ1n) is 11.7. The lowest BCUT2D eigenvalue weighted by Gasteiger charge is -2.16. The van der Waals surface area contributed by atoms with Crippen LogP contribution in [0.15, 0.2) is 18.3 Å². The van der Waals surface area contributed by atoms with E-state index in [1.54, 1.807) is 6.20 Å². The summed E-state index contributed by atoms with van der Waals surface area (Å²) in [5.41, 5.74) is 0.855. The molecule has 1 saturated carbocycles. The van der Waals surface area contributed by atoms with Gasteiger partial charge in [-0.05, 0) is 48.3 Å². The average Bonchev–Trinajstić information content (AvgIpc) is 3.36. The summed E-state index contributed by atoms with van der Waals surface area (Å²) in [4.78, 5) is 16.8. The number of nitrogens with one attached hydrogen (secondary N) is 2. The third kappa shape index (κ3) is 7.39. The van der Waals surface area contributed by atoms with Crippen LogP contribution in [0.1, 0.15) is 90.4 Å². The maximum atomic E-state index is 12.3. The molecule has 166 valence electrons. The maximum absolute atomic E-state index is 12.3. The number of amides is 1. The van der Waals surface area contributed by atoms with Gasteiger partial charge in [0.05, 0.1) is 6.20 Å². The molecule has 3 rings (SSSR count). The Kier molecular flexibility index (Phi) is 9.68. The lowest BCUT2D eigenvalue weighted by atomic mass is 10.1. The normalized spacial score (nSPS) is 18.7. The van der Waals surface area contributed by atoms with E-state index in [2.05, 4.69) is 50.2 Å². The Morgan fingerprint density at radius 1 is 1.10 bits per heavy atom. The first-order chi connectivity index (χ1) is 14.7. The molecule has 1 fully saturated rings. The van der Waals surface area contributed by atoms with Gasteiger partial charge in [-0.1, -0.05) is 58.3 Å². The SMILES string of the molecule is CCCCCCCCCCCC(=O)N[C@H]1CC[C@H](Nc2cc(I)nc3ccnn23)C1. The quantitative estimate of drug-likeness (QED) is 0.200. The summed E-state index contributed by atoms with van der Waals surface area (Å²) in [5, 5.41) is 11.2. The molecule has 2 aromatic heterocycles. The zero-order valence-electron chi connectivity index (χ0n) is 18.2. The van der Waals surface area contributed by atoms with Crippen LogP contribution in [0.2, 0.25) is 0 Å². The number of carbonyl (C=O) groups excluding carboxylic acids is 1. The molecule has 1 aliphatic rings. The number of carbonyl (C=O) groups is 1. The van der Waals surface area contributed by atoms with Crippen LogP contribution in [0, 0.1) is 3.70 Å². The van der Waals surface area contributed by atoms with Crippen LogP contribution in [-0.2, 0) is 4.79 Å². The van der Waals surface area contributed by atoms with Crippen molar-refractivity contribution in [2.75, 3.05) is 5.32 Å². The number of rotatable bonds is 13. The molecule has 1 aliphatic carbocycles. The van der Waals surface area contributed by atoms with Crippen LogP contribution in [0.4, 0.5) is 5.82 Å². The molecule has 30 heavy (non-hydrogen) atoms. The van der Waals surface area contributed by atoms with E-state index in [4.69, 9.17) is 0 Å². The fourth-order valence-corrected chi connectivity index (χ4v) is 4.88. The number of aromatic nitrogens is 3. The summed E-state index contributed by atoms with van der Waals surface area (Å²) in [5.74, 6) is 1.19. The summed E-state index contributed by atoms with van der Waals surface area (Å²) >= 11 is 2.24. The molecule has 0 unspecified atom stereocenters. The van der Waals surface area contributed by atoms with E-state index in [1.807, 2.05) is 16.6 Å². The molecule has 2 heterocycles. The minimum atomic E-state index is 0.219. The number of nitrogens with zero attached hydrogens (tertiary/aromatic N) is 3. The van der Waals surface area contributed by atoms with Crippen molar-refractivity contribution in [1.82, 2.24) is 19.9 Å². The van der Waals surface area contributed by atoms with Gasteiger partial charge in [0.15, 0.2) is 5.65 Å². The smallest absolute Gasteiger partial charge is 0.220 e. The third-order valence-electron chi connectivity index (χ3n) is 5.99.